The van der Waals surface area contributed by atoms with Crippen LogP contribution < -0.4 is 4.90 Å². The number of aromatic nitrogens is 3. The van der Waals surface area contributed by atoms with Crippen molar-refractivity contribution < 1.29 is 4.79 Å². The van der Waals surface area contributed by atoms with E-state index in [4.69, 9.17) is 0 Å². The largest absolute Gasteiger partial charge is 0.351 e. The Bertz CT molecular complexity index is 662. The molecule has 4 rings (SSSR count). The number of hydrogen-bond donors (Lipinski definition) is 0. The molecule has 1 saturated heterocycles. The molecule has 2 aromatic rings. The third kappa shape index (κ3) is 2.45. The lowest BCUT2D eigenvalue weighted by Crippen LogP contribution is -2.60. The predicted octanol–water partition coefficient (Wildman–Crippen LogP) is 1.77. The van der Waals surface area contributed by atoms with Gasteiger partial charge in [-0.05, 0) is 25.0 Å². The molecule has 1 aliphatic heterocycles. The van der Waals surface area contributed by atoms with Gasteiger partial charge in [0.05, 0.1) is 17.2 Å². The van der Waals surface area contributed by atoms with Crippen LogP contribution in [0.25, 0.3) is 0 Å². The molecule has 0 atom stereocenters. The minimum Gasteiger partial charge on any atom is -0.351 e. The van der Waals surface area contributed by atoms with E-state index in [-0.39, 0.29) is 11.9 Å². The fourth-order valence-corrected chi connectivity index (χ4v) is 3.18. The first-order valence-corrected chi connectivity index (χ1v) is 8.40. The molecule has 2 fully saturated rings. The number of thiazole rings is 1. The van der Waals surface area contributed by atoms with Gasteiger partial charge >= 0.3 is 0 Å². The zero-order valence-corrected chi connectivity index (χ0v) is 13.2. The van der Waals surface area contributed by atoms with Crippen molar-refractivity contribution in [3.63, 3.8) is 0 Å². The van der Waals surface area contributed by atoms with Crippen molar-refractivity contribution in [2.75, 3.05) is 25.0 Å². The van der Waals surface area contributed by atoms with Crippen molar-refractivity contribution in [3.8, 4) is 0 Å². The summed E-state index contributed by atoms with van der Waals surface area (Å²) >= 11 is 1.44. The molecule has 0 bridgehead atoms. The van der Waals surface area contributed by atoms with E-state index >= 15 is 0 Å². The van der Waals surface area contributed by atoms with Crippen LogP contribution in [0.5, 0.6) is 0 Å². The van der Waals surface area contributed by atoms with Crippen LogP contribution in [-0.2, 0) is 0 Å². The number of nitrogens with zero attached hydrogens (tertiary/aromatic N) is 5. The molecule has 0 radical (unpaired) electrons. The van der Waals surface area contributed by atoms with Crippen LogP contribution in [0.3, 0.4) is 0 Å². The second-order valence-corrected chi connectivity index (χ2v) is 6.66. The van der Waals surface area contributed by atoms with E-state index in [9.17, 15) is 4.79 Å². The first-order valence-electron chi connectivity index (χ1n) is 7.46. The summed E-state index contributed by atoms with van der Waals surface area (Å²) in [4.78, 5) is 20.2. The van der Waals surface area contributed by atoms with Gasteiger partial charge in [0.2, 0.25) is 0 Å². The molecule has 6 nitrogen and oxygen atoms in total. The van der Waals surface area contributed by atoms with Crippen LogP contribution in [0.15, 0.2) is 23.0 Å². The summed E-state index contributed by atoms with van der Waals surface area (Å²) < 4.78 is 0. The summed E-state index contributed by atoms with van der Waals surface area (Å²) in [6.45, 7) is 1.59. The Morgan fingerprint density at radius 1 is 1.32 bits per heavy atom. The van der Waals surface area contributed by atoms with Crippen molar-refractivity contribution in [2.45, 2.75) is 24.8 Å². The van der Waals surface area contributed by atoms with Gasteiger partial charge in [0.15, 0.2) is 5.82 Å². The summed E-state index contributed by atoms with van der Waals surface area (Å²) in [6, 6.07) is 4.33. The zero-order chi connectivity index (χ0) is 15.1. The van der Waals surface area contributed by atoms with Crippen molar-refractivity contribution in [3.05, 3.63) is 34.4 Å². The van der Waals surface area contributed by atoms with Gasteiger partial charge < -0.3 is 9.80 Å². The predicted molar refractivity (Wildman–Crippen MR) is 84.2 cm³/mol. The number of likely N-dealkylation sites (N-methyl/N-ethyl adjacent to an activating group) is 1. The molecule has 1 amide bonds. The molecule has 3 heterocycles. The number of anilines is 1. The van der Waals surface area contributed by atoms with Crippen LogP contribution in [0.1, 0.15) is 34.9 Å². The number of hydrogen-bond acceptors (Lipinski definition) is 6. The molecule has 0 aromatic carbocycles. The van der Waals surface area contributed by atoms with Crippen LogP contribution in [0.2, 0.25) is 0 Å². The van der Waals surface area contributed by atoms with E-state index in [0.29, 0.717) is 11.6 Å². The van der Waals surface area contributed by atoms with Crippen molar-refractivity contribution >= 4 is 23.1 Å². The summed E-state index contributed by atoms with van der Waals surface area (Å²) in [6.07, 6.45) is 2.48. The first-order chi connectivity index (χ1) is 10.7. The molecular formula is C15H17N5OS. The van der Waals surface area contributed by atoms with Crippen LogP contribution in [0.4, 0.5) is 5.82 Å². The Hall–Kier alpha value is -2.02. The smallest absolute Gasteiger partial charge is 0.273 e. The van der Waals surface area contributed by atoms with E-state index in [1.165, 1.54) is 24.2 Å². The summed E-state index contributed by atoms with van der Waals surface area (Å²) in [5.41, 5.74) is 3.32. The minimum atomic E-state index is -0.0129. The second kappa shape index (κ2) is 5.31. The van der Waals surface area contributed by atoms with Gasteiger partial charge in [-0.1, -0.05) is 0 Å². The third-order valence-electron chi connectivity index (χ3n) is 4.37. The maximum atomic E-state index is 12.2. The molecule has 1 aliphatic carbocycles. The van der Waals surface area contributed by atoms with Gasteiger partial charge in [-0.25, -0.2) is 4.98 Å². The van der Waals surface area contributed by atoms with E-state index < -0.39 is 0 Å². The van der Waals surface area contributed by atoms with E-state index in [1.807, 2.05) is 13.1 Å². The zero-order valence-electron chi connectivity index (χ0n) is 12.3. The molecule has 0 spiro atoms. The number of carbonyl (C=O) groups excluding carboxylic acids is 1. The van der Waals surface area contributed by atoms with Gasteiger partial charge in [-0.3, -0.25) is 4.79 Å². The molecule has 114 valence electrons. The van der Waals surface area contributed by atoms with Crippen molar-refractivity contribution in [1.29, 1.82) is 0 Å². The highest BCUT2D eigenvalue weighted by Crippen LogP contribution is 2.38. The van der Waals surface area contributed by atoms with Crippen LogP contribution in [-0.4, -0.2) is 52.2 Å². The van der Waals surface area contributed by atoms with Gasteiger partial charge in [0, 0.05) is 31.4 Å². The average Bonchev–Trinajstić information content (AvgIpc) is 3.20. The van der Waals surface area contributed by atoms with E-state index in [1.54, 1.807) is 15.8 Å². The Kier molecular flexibility index (Phi) is 3.29. The average molecular weight is 315 g/mol. The monoisotopic (exact) mass is 315 g/mol. The van der Waals surface area contributed by atoms with Crippen molar-refractivity contribution in [1.82, 2.24) is 20.1 Å². The molecule has 0 unspecified atom stereocenters. The van der Waals surface area contributed by atoms with Crippen LogP contribution >= 0.6 is 11.3 Å². The highest BCUT2D eigenvalue weighted by Gasteiger charge is 2.34. The molecule has 1 saturated carbocycles. The molecule has 2 aliphatic rings. The fraction of sp³-hybridized carbons (Fsp3) is 0.467. The van der Waals surface area contributed by atoms with Crippen LogP contribution in [0, 0.1) is 0 Å². The maximum absolute atomic E-state index is 12.2. The lowest BCUT2D eigenvalue weighted by molar-refractivity contribution is 0.0700. The first kappa shape index (κ1) is 13.6. The molecular weight excluding hydrogens is 298 g/mol. The van der Waals surface area contributed by atoms with E-state index in [2.05, 4.69) is 26.1 Å². The Labute approximate surface area is 132 Å². The maximum Gasteiger partial charge on any atom is 0.273 e. The molecule has 2 aromatic heterocycles. The summed E-state index contributed by atoms with van der Waals surface area (Å²) in [5.74, 6) is 1.52. The lowest BCUT2D eigenvalue weighted by atomic mass is 10.1. The minimum absolute atomic E-state index is 0.0129. The highest BCUT2D eigenvalue weighted by molar-refractivity contribution is 7.07. The number of rotatable bonds is 4. The fourth-order valence-electron chi connectivity index (χ4n) is 2.65. The van der Waals surface area contributed by atoms with Gasteiger partial charge in [0.25, 0.3) is 5.91 Å². The topological polar surface area (TPSA) is 62.2 Å². The third-order valence-corrected chi connectivity index (χ3v) is 4.96. The summed E-state index contributed by atoms with van der Waals surface area (Å²) in [7, 11) is 1.84. The molecule has 22 heavy (non-hydrogen) atoms. The quantitative estimate of drug-likeness (QED) is 0.860. The Balaban J connectivity index is 1.36. The molecule has 7 heteroatoms. The van der Waals surface area contributed by atoms with Gasteiger partial charge in [-0.2, -0.15) is 5.10 Å². The number of amides is 1. The Morgan fingerprint density at radius 3 is 2.73 bits per heavy atom. The second-order valence-electron chi connectivity index (χ2n) is 5.94. The molecule has 0 N–H and O–H groups in total. The normalized spacial score (nSPS) is 18.1. The lowest BCUT2D eigenvalue weighted by Gasteiger charge is -2.44. The van der Waals surface area contributed by atoms with Gasteiger partial charge in [-0.15, -0.1) is 16.4 Å². The van der Waals surface area contributed by atoms with Gasteiger partial charge in [0.1, 0.15) is 5.69 Å². The summed E-state index contributed by atoms with van der Waals surface area (Å²) in [5, 5.41) is 10.4. The highest BCUT2D eigenvalue weighted by atomic mass is 32.1. The SMILES string of the molecule is CN(C(=O)c1cscn1)C1CN(c2ccc(C3CC3)nn2)C1. The Morgan fingerprint density at radius 2 is 2.14 bits per heavy atom. The number of carbonyl (C=O) groups is 1. The standard InChI is InChI=1S/C15H17N5OS/c1-19(15(21)13-8-22-9-16-13)11-6-20(7-11)14-5-4-12(17-18-14)10-2-3-10/h4-5,8-11H,2-3,6-7H2,1H3. The van der Waals surface area contributed by atoms with Crippen molar-refractivity contribution in [2.24, 2.45) is 0 Å². The van der Waals surface area contributed by atoms with E-state index in [0.717, 1.165) is 24.6 Å².